The molecule has 19 heavy (non-hydrogen) atoms. The lowest BCUT2D eigenvalue weighted by Gasteiger charge is -2.28. The third-order valence-electron chi connectivity index (χ3n) is 3.30. The largest absolute Gasteiger partial charge is 0.325 e. The summed E-state index contributed by atoms with van der Waals surface area (Å²) in [5, 5.41) is 2.88. The van der Waals surface area contributed by atoms with Crippen molar-refractivity contribution in [1.29, 1.82) is 0 Å². The van der Waals surface area contributed by atoms with Crippen LogP contribution < -0.4 is 5.32 Å². The standard InChI is InChI=1S/C14H17BrN2O2/c15-12-2-1-3-13(8-12)16-14(19)9-17-6-4-11(10-18)5-7-17/h1-3,8,10-11H,4-7,9H2,(H,16,19). The Labute approximate surface area is 121 Å². The number of aldehydes is 1. The molecular weight excluding hydrogens is 308 g/mol. The molecule has 1 aliphatic rings. The third kappa shape index (κ3) is 4.44. The zero-order valence-electron chi connectivity index (χ0n) is 10.6. The van der Waals surface area contributed by atoms with Crippen LogP contribution >= 0.6 is 15.9 Å². The van der Waals surface area contributed by atoms with Gasteiger partial charge in [-0.15, -0.1) is 0 Å². The molecule has 102 valence electrons. The van der Waals surface area contributed by atoms with Gasteiger partial charge in [0.05, 0.1) is 6.54 Å². The van der Waals surface area contributed by atoms with E-state index in [0.29, 0.717) is 6.54 Å². The van der Waals surface area contributed by atoms with Crippen LogP contribution in [-0.4, -0.2) is 36.7 Å². The maximum absolute atomic E-state index is 11.9. The molecule has 5 heteroatoms. The summed E-state index contributed by atoms with van der Waals surface area (Å²) in [5.74, 6) is 0.159. The van der Waals surface area contributed by atoms with Crippen molar-refractivity contribution in [3.63, 3.8) is 0 Å². The molecule has 4 nitrogen and oxygen atoms in total. The summed E-state index contributed by atoms with van der Waals surface area (Å²) in [7, 11) is 0. The average Bonchev–Trinajstić information content (AvgIpc) is 2.39. The van der Waals surface area contributed by atoms with Crippen molar-refractivity contribution in [3.8, 4) is 0 Å². The van der Waals surface area contributed by atoms with Crippen molar-refractivity contribution in [2.24, 2.45) is 5.92 Å². The van der Waals surface area contributed by atoms with Crippen LogP contribution in [0, 0.1) is 5.92 Å². The summed E-state index contributed by atoms with van der Waals surface area (Å²) in [4.78, 5) is 24.7. The molecule has 0 saturated carbocycles. The molecule has 1 aliphatic heterocycles. The highest BCUT2D eigenvalue weighted by Crippen LogP contribution is 2.17. The third-order valence-corrected chi connectivity index (χ3v) is 3.79. The first-order chi connectivity index (χ1) is 9.17. The molecular formula is C14H17BrN2O2. The average molecular weight is 325 g/mol. The van der Waals surface area contributed by atoms with E-state index in [2.05, 4.69) is 26.1 Å². The minimum atomic E-state index is -0.0114. The second-order valence-electron chi connectivity index (χ2n) is 4.81. The van der Waals surface area contributed by atoms with Gasteiger partial charge in [-0.25, -0.2) is 0 Å². The summed E-state index contributed by atoms with van der Waals surface area (Å²) in [5.41, 5.74) is 0.794. The topological polar surface area (TPSA) is 49.4 Å². The van der Waals surface area contributed by atoms with Crippen molar-refractivity contribution in [2.75, 3.05) is 25.0 Å². The Hall–Kier alpha value is -1.20. The summed E-state index contributed by atoms with van der Waals surface area (Å²) in [6, 6.07) is 7.53. The minimum Gasteiger partial charge on any atom is -0.325 e. The molecule has 1 aromatic carbocycles. The quantitative estimate of drug-likeness (QED) is 0.864. The number of carbonyl (C=O) groups is 2. The lowest BCUT2D eigenvalue weighted by molar-refractivity contribution is -0.117. The Morgan fingerprint density at radius 2 is 2.16 bits per heavy atom. The van der Waals surface area contributed by atoms with Gasteiger partial charge in [-0.2, -0.15) is 0 Å². The van der Waals surface area contributed by atoms with E-state index >= 15 is 0 Å². The van der Waals surface area contributed by atoms with Crippen LogP contribution in [0.15, 0.2) is 28.7 Å². The van der Waals surface area contributed by atoms with Crippen molar-refractivity contribution in [1.82, 2.24) is 4.90 Å². The maximum atomic E-state index is 11.9. The first kappa shape index (κ1) is 14.2. The first-order valence-corrected chi connectivity index (χ1v) is 7.20. The monoisotopic (exact) mass is 324 g/mol. The number of piperidine rings is 1. The molecule has 1 heterocycles. The first-order valence-electron chi connectivity index (χ1n) is 6.40. The normalized spacial score (nSPS) is 17.1. The number of hydrogen-bond donors (Lipinski definition) is 1. The number of likely N-dealkylation sites (tertiary alicyclic amines) is 1. The van der Waals surface area contributed by atoms with Gasteiger partial charge < -0.3 is 10.1 Å². The van der Waals surface area contributed by atoms with E-state index in [9.17, 15) is 9.59 Å². The number of anilines is 1. The van der Waals surface area contributed by atoms with Crippen LogP contribution in [0.25, 0.3) is 0 Å². The van der Waals surface area contributed by atoms with Gasteiger partial charge in [-0.1, -0.05) is 22.0 Å². The maximum Gasteiger partial charge on any atom is 0.238 e. The molecule has 0 unspecified atom stereocenters. The number of rotatable bonds is 4. The molecule has 0 atom stereocenters. The molecule has 1 N–H and O–H groups in total. The van der Waals surface area contributed by atoms with Gasteiger partial charge >= 0.3 is 0 Å². The fourth-order valence-electron chi connectivity index (χ4n) is 2.22. The van der Waals surface area contributed by atoms with Crippen LogP contribution in [-0.2, 0) is 9.59 Å². The number of nitrogens with zero attached hydrogens (tertiary/aromatic N) is 1. The second-order valence-corrected chi connectivity index (χ2v) is 5.72. The van der Waals surface area contributed by atoms with Gasteiger partial charge in [0.25, 0.3) is 0 Å². The lowest BCUT2D eigenvalue weighted by atomic mass is 9.99. The van der Waals surface area contributed by atoms with Gasteiger partial charge in [0.1, 0.15) is 6.29 Å². The molecule has 1 amide bonds. The summed E-state index contributed by atoms with van der Waals surface area (Å²) in [6.45, 7) is 2.02. The van der Waals surface area contributed by atoms with Crippen LogP contribution in [0.2, 0.25) is 0 Å². The Morgan fingerprint density at radius 3 is 2.79 bits per heavy atom. The van der Waals surface area contributed by atoms with Crippen molar-refractivity contribution in [3.05, 3.63) is 28.7 Å². The minimum absolute atomic E-state index is 0.0114. The van der Waals surface area contributed by atoms with Crippen LogP contribution in [0.1, 0.15) is 12.8 Å². The number of halogens is 1. The SMILES string of the molecule is O=CC1CCN(CC(=O)Nc2cccc(Br)c2)CC1. The summed E-state index contributed by atoms with van der Waals surface area (Å²) in [6.07, 6.45) is 2.74. The number of hydrogen-bond acceptors (Lipinski definition) is 3. The van der Waals surface area contributed by atoms with Crippen molar-refractivity contribution >= 4 is 33.8 Å². The Morgan fingerprint density at radius 1 is 1.42 bits per heavy atom. The summed E-state index contributed by atoms with van der Waals surface area (Å²) >= 11 is 3.37. The smallest absolute Gasteiger partial charge is 0.238 e. The molecule has 2 rings (SSSR count). The Kier molecular flexibility index (Phi) is 5.10. The second kappa shape index (κ2) is 6.82. The predicted octanol–water partition coefficient (Wildman–Crippen LogP) is 2.30. The highest BCUT2D eigenvalue weighted by Gasteiger charge is 2.20. The fourth-order valence-corrected chi connectivity index (χ4v) is 2.62. The van der Waals surface area contributed by atoms with Crippen molar-refractivity contribution in [2.45, 2.75) is 12.8 Å². The zero-order chi connectivity index (χ0) is 13.7. The number of benzene rings is 1. The molecule has 1 aromatic rings. The molecule has 0 bridgehead atoms. The van der Waals surface area contributed by atoms with E-state index in [1.807, 2.05) is 24.3 Å². The molecule has 1 saturated heterocycles. The highest BCUT2D eigenvalue weighted by molar-refractivity contribution is 9.10. The zero-order valence-corrected chi connectivity index (χ0v) is 12.2. The molecule has 0 spiro atoms. The van der Waals surface area contributed by atoms with Gasteiger partial charge in [0.15, 0.2) is 0 Å². The van der Waals surface area contributed by atoms with E-state index in [4.69, 9.17) is 0 Å². The van der Waals surface area contributed by atoms with Gasteiger partial charge in [0, 0.05) is 16.1 Å². The van der Waals surface area contributed by atoms with Crippen LogP contribution in [0.5, 0.6) is 0 Å². The van der Waals surface area contributed by atoms with E-state index < -0.39 is 0 Å². The van der Waals surface area contributed by atoms with E-state index in [0.717, 1.165) is 42.4 Å². The lowest BCUT2D eigenvalue weighted by Crippen LogP contribution is -2.39. The van der Waals surface area contributed by atoms with Gasteiger partial charge in [-0.05, 0) is 44.1 Å². The van der Waals surface area contributed by atoms with Gasteiger partial charge in [-0.3, -0.25) is 9.69 Å². The fraction of sp³-hybridized carbons (Fsp3) is 0.429. The molecule has 0 radical (unpaired) electrons. The van der Waals surface area contributed by atoms with E-state index in [1.54, 1.807) is 0 Å². The van der Waals surface area contributed by atoms with Gasteiger partial charge in [0.2, 0.25) is 5.91 Å². The summed E-state index contributed by atoms with van der Waals surface area (Å²) < 4.78 is 0.942. The molecule has 0 aromatic heterocycles. The highest BCUT2D eigenvalue weighted by atomic mass is 79.9. The number of amides is 1. The van der Waals surface area contributed by atoms with Crippen LogP contribution in [0.4, 0.5) is 5.69 Å². The Balaban J connectivity index is 1.80. The molecule has 0 aliphatic carbocycles. The van der Waals surface area contributed by atoms with E-state index in [-0.39, 0.29) is 11.8 Å². The van der Waals surface area contributed by atoms with E-state index in [1.165, 1.54) is 0 Å². The molecule has 1 fully saturated rings. The Bertz CT molecular complexity index is 457. The van der Waals surface area contributed by atoms with Crippen LogP contribution in [0.3, 0.4) is 0 Å². The number of carbonyl (C=O) groups excluding carboxylic acids is 2. The predicted molar refractivity (Wildman–Crippen MR) is 78.0 cm³/mol. The van der Waals surface area contributed by atoms with Crippen molar-refractivity contribution < 1.29 is 9.59 Å². The number of nitrogens with one attached hydrogen (secondary N) is 1.